The minimum absolute atomic E-state index is 0.00236. The largest absolute Gasteiger partial charge is 0.500 e. The minimum atomic E-state index is -0.00236. The molecular formula is C7H15NOS. The van der Waals surface area contributed by atoms with Gasteiger partial charge in [-0.25, -0.2) is 0 Å². The number of ether oxygens (including phenoxy) is 1. The van der Waals surface area contributed by atoms with E-state index in [0.29, 0.717) is 5.76 Å². The van der Waals surface area contributed by atoms with E-state index in [2.05, 4.69) is 12.8 Å². The molecule has 0 aromatic heterocycles. The Morgan fingerprint density at radius 3 is 2.80 bits per heavy atom. The van der Waals surface area contributed by atoms with Crippen LogP contribution in [0.1, 0.15) is 6.42 Å². The lowest BCUT2D eigenvalue weighted by molar-refractivity contribution is 0.265. The first kappa shape index (κ1) is 9.85. The van der Waals surface area contributed by atoms with E-state index in [0.717, 1.165) is 12.2 Å². The molecule has 0 rings (SSSR count). The summed E-state index contributed by atoms with van der Waals surface area (Å²) >= 11 is 1.78. The molecule has 0 heterocycles. The predicted molar refractivity (Wildman–Crippen MR) is 47.1 cm³/mol. The molecule has 0 fully saturated rings. The summed E-state index contributed by atoms with van der Waals surface area (Å²) in [5, 5.41) is 0. The summed E-state index contributed by atoms with van der Waals surface area (Å²) in [6, 6.07) is -0.00236. The molecule has 0 aromatic carbocycles. The Hall–Kier alpha value is -0.150. The maximum Gasteiger partial charge on any atom is 0.105 e. The first-order valence-corrected chi connectivity index (χ1v) is 4.59. The average molecular weight is 161 g/mol. The third kappa shape index (κ3) is 3.80. The van der Waals surface area contributed by atoms with Crippen molar-refractivity contribution in [3.63, 3.8) is 0 Å². The van der Waals surface area contributed by atoms with Crippen molar-refractivity contribution in [3.05, 3.63) is 12.3 Å². The summed E-state index contributed by atoms with van der Waals surface area (Å²) < 4.78 is 4.88. The highest BCUT2D eigenvalue weighted by atomic mass is 32.2. The van der Waals surface area contributed by atoms with Crippen LogP contribution < -0.4 is 5.73 Å². The molecule has 1 atom stereocenters. The van der Waals surface area contributed by atoms with Crippen molar-refractivity contribution in [1.82, 2.24) is 0 Å². The summed E-state index contributed by atoms with van der Waals surface area (Å²) in [4.78, 5) is 0. The predicted octanol–water partition coefficient (Wildman–Crippen LogP) is 1.23. The van der Waals surface area contributed by atoms with Gasteiger partial charge in [-0.15, -0.1) is 0 Å². The number of methoxy groups -OCH3 is 1. The lowest BCUT2D eigenvalue weighted by Crippen LogP contribution is -2.23. The molecule has 0 bridgehead atoms. The standard InChI is InChI=1S/C7H15NOS/c1-6(9-2)7(8)4-5-10-3/h7H,1,4-5,8H2,2-3H3/t7-/m0/s1. The van der Waals surface area contributed by atoms with E-state index < -0.39 is 0 Å². The molecule has 2 N–H and O–H groups in total. The van der Waals surface area contributed by atoms with E-state index >= 15 is 0 Å². The SMILES string of the molecule is C=C(OC)[C@@H](N)CCSC. The van der Waals surface area contributed by atoms with Gasteiger partial charge in [0.05, 0.1) is 13.2 Å². The fraction of sp³-hybridized carbons (Fsp3) is 0.714. The van der Waals surface area contributed by atoms with Crippen LogP contribution in [0.2, 0.25) is 0 Å². The molecule has 0 spiro atoms. The van der Waals surface area contributed by atoms with Gasteiger partial charge in [0.1, 0.15) is 5.76 Å². The fourth-order valence-electron chi connectivity index (χ4n) is 0.557. The average Bonchev–Trinajstić information content (AvgIpc) is 1.98. The van der Waals surface area contributed by atoms with Crippen molar-refractivity contribution in [2.24, 2.45) is 5.73 Å². The van der Waals surface area contributed by atoms with Gasteiger partial charge in [-0.2, -0.15) is 11.8 Å². The molecule has 0 radical (unpaired) electrons. The lowest BCUT2D eigenvalue weighted by Gasteiger charge is -2.11. The van der Waals surface area contributed by atoms with Crippen molar-refractivity contribution in [2.45, 2.75) is 12.5 Å². The number of hydrogen-bond donors (Lipinski definition) is 1. The van der Waals surface area contributed by atoms with Crippen molar-refractivity contribution in [3.8, 4) is 0 Å². The van der Waals surface area contributed by atoms with E-state index in [1.54, 1.807) is 18.9 Å². The molecule has 60 valence electrons. The molecule has 0 saturated heterocycles. The Morgan fingerprint density at radius 2 is 2.40 bits per heavy atom. The van der Waals surface area contributed by atoms with Crippen molar-refractivity contribution >= 4 is 11.8 Å². The zero-order valence-electron chi connectivity index (χ0n) is 6.59. The second-order valence-corrected chi connectivity index (χ2v) is 3.04. The zero-order chi connectivity index (χ0) is 7.98. The summed E-state index contributed by atoms with van der Waals surface area (Å²) in [5.74, 6) is 1.73. The van der Waals surface area contributed by atoms with Crippen LogP contribution in [0.25, 0.3) is 0 Å². The molecule has 0 aliphatic carbocycles. The highest BCUT2D eigenvalue weighted by molar-refractivity contribution is 7.98. The van der Waals surface area contributed by atoms with Crippen LogP contribution in [0.5, 0.6) is 0 Å². The van der Waals surface area contributed by atoms with E-state index in [1.165, 1.54) is 0 Å². The first-order chi connectivity index (χ1) is 4.72. The number of nitrogens with two attached hydrogens (primary N) is 1. The van der Waals surface area contributed by atoms with E-state index in [1.807, 2.05) is 0 Å². The van der Waals surface area contributed by atoms with Gasteiger partial charge in [-0.3, -0.25) is 0 Å². The summed E-state index contributed by atoms with van der Waals surface area (Å²) in [6.45, 7) is 3.67. The van der Waals surface area contributed by atoms with Crippen LogP contribution in [-0.4, -0.2) is 25.2 Å². The summed E-state index contributed by atoms with van der Waals surface area (Å²) in [5.41, 5.74) is 5.68. The maximum absolute atomic E-state index is 5.68. The van der Waals surface area contributed by atoms with Gasteiger partial charge in [-0.1, -0.05) is 6.58 Å². The van der Waals surface area contributed by atoms with Crippen LogP contribution >= 0.6 is 11.8 Å². The van der Waals surface area contributed by atoms with E-state index in [9.17, 15) is 0 Å². The molecule has 0 aromatic rings. The minimum Gasteiger partial charge on any atom is -0.500 e. The van der Waals surface area contributed by atoms with Gasteiger partial charge < -0.3 is 10.5 Å². The Balaban J connectivity index is 3.41. The number of rotatable bonds is 5. The fourth-order valence-corrected chi connectivity index (χ4v) is 1.05. The second-order valence-electron chi connectivity index (χ2n) is 2.06. The highest BCUT2D eigenvalue weighted by Gasteiger charge is 2.05. The first-order valence-electron chi connectivity index (χ1n) is 3.19. The lowest BCUT2D eigenvalue weighted by atomic mass is 10.2. The zero-order valence-corrected chi connectivity index (χ0v) is 7.41. The van der Waals surface area contributed by atoms with Gasteiger partial charge in [0.2, 0.25) is 0 Å². The molecule has 0 aliphatic heterocycles. The van der Waals surface area contributed by atoms with Gasteiger partial charge in [-0.05, 0) is 18.4 Å². The maximum atomic E-state index is 5.68. The van der Waals surface area contributed by atoms with Crippen LogP contribution in [0, 0.1) is 0 Å². The van der Waals surface area contributed by atoms with Gasteiger partial charge >= 0.3 is 0 Å². The second kappa shape index (κ2) is 5.62. The summed E-state index contributed by atoms with van der Waals surface area (Å²) in [6.07, 6.45) is 3.00. The third-order valence-electron chi connectivity index (χ3n) is 1.31. The Kier molecular flexibility index (Phi) is 5.54. The molecule has 0 unspecified atom stereocenters. The van der Waals surface area contributed by atoms with Crippen LogP contribution in [0.3, 0.4) is 0 Å². The van der Waals surface area contributed by atoms with Crippen molar-refractivity contribution < 1.29 is 4.74 Å². The summed E-state index contributed by atoms with van der Waals surface area (Å²) in [7, 11) is 1.60. The third-order valence-corrected chi connectivity index (χ3v) is 1.95. The van der Waals surface area contributed by atoms with E-state index in [-0.39, 0.29) is 6.04 Å². The van der Waals surface area contributed by atoms with Crippen molar-refractivity contribution in [1.29, 1.82) is 0 Å². The Bertz CT molecular complexity index is 106. The van der Waals surface area contributed by atoms with Crippen LogP contribution in [-0.2, 0) is 4.74 Å². The normalized spacial score (nSPS) is 12.7. The van der Waals surface area contributed by atoms with E-state index in [4.69, 9.17) is 10.5 Å². The molecule has 0 amide bonds. The molecule has 0 aliphatic rings. The topological polar surface area (TPSA) is 35.2 Å². The Labute approximate surface area is 66.8 Å². The van der Waals surface area contributed by atoms with Gasteiger partial charge in [0, 0.05) is 0 Å². The molecular weight excluding hydrogens is 146 g/mol. The highest BCUT2D eigenvalue weighted by Crippen LogP contribution is 2.05. The number of hydrogen-bond acceptors (Lipinski definition) is 3. The molecule has 0 saturated carbocycles. The smallest absolute Gasteiger partial charge is 0.105 e. The van der Waals surface area contributed by atoms with Crippen LogP contribution in [0.15, 0.2) is 12.3 Å². The van der Waals surface area contributed by atoms with Gasteiger partial charge in [0.15, 0.2) is 0 Å². The molecule has 3 heteroatoms. The molecule has 2 nitrogen and oxygen atoms in total. The quantitative estimate of drug-likeness (QED) is 0.616. The monoisotopic (exact) mass is 161 g/mol. The molecule has 10 heavy (non-hydrogen) atoms. The van der Waals surface area contributed by atoms with Crippen molar-refractivity contribution in [2.75, 3.05) is 19.1 Å². The Morgan fingerprint density at radius 1 is 1.80 bits per heavy atom. The van der Waals surface area contributed by atoms with Gasteiger partial charge in [0.25, 0.3) is 0 Å². The number of thioether (sulfide) groups is 1. The van der Waals surface area contributed by atoms with Crippen LogP contribution in [0.4, 0.5) is 0 Å².